The highest BCUT2D eigenvalue weighted by atomic mass is 16.5. The fourth-order valence-electron chi connectivity index (χ4n) is 4.00. The number of aliphatic hydroxyl groups is 2. The average molecular weight is 397 g/mol. The summed E-state index contributed by atoms with van der Waals surface area (Å²) in [6, 6.07) is 0. The highest BCUT2D eigenvalue weighted by Gasteiger charge is 2.39. The second kappa shape index (κ2) is 13.2. The van der Waals surface area contributed by atoms with Gasteiger partial charge in [-0.05, 0) is 32.6 Å². The molecule has 0 aromatic rings. The van der Waals surface area contributed by atoms with Gasteiger partial charge in [0, 0.05) is 31.8 Å². The van der Waals surface area contributed by atoms with Crippen molar-refractivity contribution in [2.24, 2.45) is 11.8 Å². The van der Waals surface area contributed by atoms with E-state index in [2.05, 4.69) is 6.92 Å². The molecule has 162 valence electrons. The molecule has 0 radical (unpaired) electrons. The Bertz CT molecular complexity index is 497. The molecule has 2 N–H and O–H groups in total. The van der Waals surface area contributed by atoms with Gasteiger partial charge in [0.2, 0.25) is 0 Å². The number of aliphatic hydroxyl groups excluding tert-OH is 1. The van der Waals surface area contributed by atoms with Gasteiger partial charge in [0.1, 0.15) is 12.4 Å². The zero-order valence-corrected chi connectivity index (χ0v) is 18.0. The van der Waals surface area contributed by atoms with E-state index >= 15 is 0 Å². The molecule has 4 atom stereocenters. The van der Waals surface area contributed by atoms with Crippen LogP contribution in [-0.2, 0) is 14.3 Å². The Morgan fingerprint density at radius 1 is 1.25 bits per heavy atom. The molecule has 28 heavy (non-hydrogen) atoms. The van der Waals surface area contributed by atoms with E-state index in [0.29, 0.717) is 12.8 Å². The number of Topliss-reactive ketones (excluding diaryl/α,β-unsaturated/α-hetero) is 2. The van der Waals surface area contributed by atoms with Crippen LogP contribution in [0.2, 0.25) is 0 Å². The fourth-order valence-corrected chi connectivity index (χ4v) is 4.00. The van der Waals surface area contributed by atoms with E-state index in [-0.39, 0.29) is 36.4 Å². The summed E-state index contributed by atoms with van der Waals surface area (Å²) in [5.41, 5.74) is -0.726. The van der Waals surface area contributed by atoms with Crippen LogP contribution in [0, 0.1) is 11.8 Å². The van der Waals surface area contributed by atoms with Crippen molar-refractivity contribution < 1.29 is 24.5 Å². The summed E-state index contributed by atoms with van der Waals surface area (Å²) in [5.74, 6) is 0.0199. The standard InChI is InChI=1S/C23H40O5/c1-4-5-14-23(2,27)15-10-13-20-19(21(25)16-22(20)26)12-9-7-6-8-11-18(24)17-28-3/h10,13,19-20,22,26-27H,4-9,11-12,14-17H2,1-3H3/b13-10+/t19-,20-,22-,23?/m1/s1. The predicted octanol–water partition coefficient (Wildman–Crippen LogP) is 4.00. The molecular weight excluding hydrogens is 356 g/mol. The lowest BCUT2D eigenvalue weighted by Gasteiger charge is -2.22. The monoisotopic (exact) mass is 396 g/mol. The largest absolute Gasteiger partial charge is 0.392 e. The number of hydrogen-bond donors (Lipinski definition) is 2. The third kappa shape index (κ3) is 9.44. The first-order valence-corrected chi connectivity index (χ1v) is 10.9. The van der Waals surface area contributed by atoms with E-state index in [1.807, 2.05) is 19.1 Å². The van der Waals surface area contributed by atoms with Gasteiger partial charge < -0.3 is 14.9 Å². The molecule has 0 aliphatic heterocycles. The summed E-state index contributed by atoms with van der Waals surface area (Å²) >= 11 is 0. The Morgan fingerprint density at radius 3 is 2.64 bits per heavy atom. The van der Waals surface area contributed by atoms with E-state index in [4.69, 9.17) is 4.74 Å². The first kappa shape index (κ1) is 25.0. The van der Waals surface area contributed by atoms with Crippen LogP contribution in [0.1, 0.15) is 84.5 Å². The molecule has 0 bridgehead atoms. The summed E-state index contributed by atoms with van der Waals surface area (Å²) < 4.78 is 4.82. The molecule has 1 aliphatic rings. The number of rotatable bonds is 15. The lowest BCUT2D eigenvalue weighted by molar-refractivity contribution is -0.123. The molecule has 0 aromatic heterocycles. The van der Waals surface area contributed by atoms with Gasteiger partial charge in [-0.3, -0.25) is 9.59 Å². The zero-order chi connectivity index (χ0) is 21.0. The van der Waals surface area contributed by atoms with Gasteiger partial charge >= 0.3 is 0 Å². The van der Waals surface area contributed by atoms with Crippen molar-refractivity contribution in [3.8, 4) is 0 Å². The van der Waals surface area contributed by atoms with Gasteiger partial charge in [-0.25, -0.2) is 0 Å². The SMILES string of the molecule is CCCCC(C)(O)C/C=C/[C@H]1[C@H](O)CC(=O)[C@@H]1CCCCCCC(=O)COC. The Labute approximate surface area is 170 Å². The van der Waals surface area contributed by atoms with E-state index < -0.39 is 11.7 Å². The van der Waals surface area contributed by atoms with E-state index in [1.165, 1.54) is 7.11 Å². The summed E-state index contributed by atoms with van der Waals surface area (Å²) in [7, 11) is 1.53. The molecule has 5 nitrogen and oxygen atoms in total. The number of unbranched alkanes of at least 4 members (excludes halogenated alkanes) is 4. The molecule has 1 rings (SSSR count). The maximum absolute atomic E-state index is 12.3. The van der Waals surface area contributed by atoms with Crippen molar-refractivity contribution >= 4 is 11.6 Å². The molecule has 0 heterocycles. The minimum Gasteiger partial charge on any atom is -0.392 e. The van der Waals surface area contributed by atoms with Crippen LogP contribution in [0.4, 0.5) is 0 Å². The van der Waals surface area contributed by atoms with Gasteiger partial charge in [0.15, 0.2) is 5.78 Å². The summed E-state index contributed by atoms with van der Waals surface area (Å²) in [4.78, 5) is 23.7. The summed E-state index contributed by atoms with van der Waals surface area (Å²) in [6.45, 7) is 4.14. The van der Waals surface area contributed by atoms with Gasteiger partial charge in [0.05, 0.1) is 11.7 Å². The minimum absolute atomic E-state index is 0.123. The van der Waals surface area contributed by atoms with Gasteiger partial charge in [0.25, 0.3) is 0 Å². The lowest BCUT2D eigenvalue weighted by atomic mass is 9.87. The van der Waals surface area contributed by atoms with Crippen LogP contribution in [0.25, 0.3) is 0 Å². The van der Waals surface area contributed by atoms with Crippen LogP contribution in [-0.4, -0.2) is 47.2 Å². The normalized spacial score (nSPS) is 24.8. The highest BCUT2D eigenvalue weighted by Crippen LogP contribution is 2.34. The molecule has 1 aliphatic carbocycles. The molecular formula is C23H40O5. The second-order valence-corrected chi connectivity index (χ2v) is 8.58. The molecule has 0 amide bonds. The quantitative estimate of drug-likeness (QED) is 0.323. The fraction of sp³-hybridized carbons (Fsp3) is 0.826. The van der Waals surface area contributed by atoms with E-state index in [1.54, 1.807) is 0 Å². The van der Waals surface area contributed by atoms with Crippen LogP contribution in [0.15, 0.2) is 12.2 Å². The van der Waals surface area contributed by atoms with Crippen LogP contribution < -0.4 is 0 Å². The van der Waals surface area contributed by atoms with Crippen molar-refractivity contribution in [1.82, 2.24) is 0 Å². The number of carbonyl (C=O) groups excluding carboxylic acids is 2. The predicted molar refractivity (Wildman–Crippen MR) is 111 cm³/mol. The molecule has 0 spiro atoms. The van der Waals surface area contributed by atoms with Gasteiger partial charge in [-0.15, -0.1) is 0 Å². The van der Waals surface area contributed by atoms with Crippen LogP contribution in [0.5, 0.6) is 0 Å². The molecule has 1 saturated carbocycles. The number of hydrogen-bond acceptors (Lipinski definition) is 5. The van der Waals surface area contributed by atoms with Gasteiger partial charge in [-0.2, -0.15) is 0 Å². The Balaban J connectivity index is 2.39. The average Bonchev–Trinajstić information content (AvgIpc) is 2.89. The summed E-state index contributed by atoms with van der Waals surface area (Å²) in [6.07, 6.45) is 12.0. The first-order chi connectivity index (χ1) is 13.3. The zero-order valence-electron chi connectivity index (χ0n) is 18.0. The second-order valence-electron chi connectivity index (χ2n) is 8.58. The molecule has 5 heteroatoms. The first-order valence-electron chi connectivity index (χ1n) is 10.9. The third-order valence-corrected chi connectivity index (χ3v) is 5.74. The molecule has 0 saturated heterocycles. The number of carbonyl (C=O) groups is 2. The van der Waals surface area contributed by atoms with Crippen molar-refractivity contribution in [2.75, 3.05) is 13.7 Å². The van der Waals surface area contributed by atoms with E-state index in [0.717, 1.165) is 51.4 Å². The maximum atomic E-state index is 12.3. The highest BCUT2D eigenvalue weighted by molar-refractivity contribution is 5.84. The molecule has 1 unspecified atom stereocenters. The minimum atomic E-state index is -0.726. The Hall–Kier alpha value is -1.04. The maximum Gasteiger partial charge on any atom is 0.158 e. The van der Waals surface area contributed by atoms with Crippen LogP contribution >= 0.6 is 0 Å². The van der Waals surface area contributed by atoms with Crippen molar-refractivity contribution in [3.05, 3.63) is 12.2 Å². The number of methoxy groups -OCH3 is 1. The van der Waals surface area contributed by atoms with Crippen molar-refractivity contribution in [3.63, 3.8) is 0 Å². The smallest absolute Gasteiger partial charge is 0.158 e. The molecule has 0 aromatic carbocycles. The van der Waals surface area contributed by atoms with Crippen molar-refractivity contribution in [2.45, 2.75) is 96.2 Å². The Morgan fingerprint density at radius 2 is 1.96 bits per heavy atom. The Kier molecular flexibility index (Phi) is 11.8. The van der Waals surface area contributed by atoms with Gasteiger partial charge in [-0.1, -0.05) is 51.2 Å². The summed E-state index contributed by atoms with van der Waals surface area (Å²) in [5, 5.41) is 20.7. The number of ketones is 2. The van der Waals surface area contributed by atoms with Crippen LogP contribution in [0.3, 0.4) is 0 Å². The lowest BCUT2D eigenvalue weighted by Crippen LogP contribution is -2.23. The van der Waals surface area contributed by atoms with E-state index in [9.17, 15) is 19.8 Å². The van der Waals surface area contributed by atoms with Crippen molar-refractivity contribution in [1.29, 1.82) is 0 Å². The molecule has 1 fully saturated rings. The third-order valence-electron chi connectivity index (χ3n) is 5.74. The topological polar surface area (TPSA) is 83.8 Å². The number of ether oxygens (including phenoxy) is 1.